The fourth-order valence-electron chi connectivity index (χ4n) is 4.91. The smallest absolute Gasteiger partial charge is 0.0726 e. The molecular weight excluding hydrogens is 304 g/mol. The zero-order valence-electron chi connectivity index (χ0n) is 14.6. The second-order valence-electron chi connectivity index (χ2n) is 7.80. The van der Waals surface area contributed by atoms with Crippen LogP contribution < -0.4 is 5.32 Å². The van der Waals surface area contributed by atoms with Crippen LogP contribution in [0.15, 0.2) is 54.6 Å². The Labute approximate surface area is 149 Å². The Balaban J connectivity index is 1.67. The molecule has 0 atom stereocenters. The van der Waals surface area contributed by atoms with Gasteiger partial charge in [-0.3, -0.25) is 4.98 Å². The highest BCUT2D eigenvalue weighted by molar-refractivity contribution is 5.95. The number of hydrogen-bond acceptors (Lipinski definition) is 2. The minimum absolute atomic E-state index is 0.532. The van der Waals surface area contributed by atoms with Crippen LogP contribution in [0.5, 0.6) is 0 Å². The summed E-state index contributed by atoms with van der Waals surface area (Å²) in [6.07, 6.45) is 9.22. The molecular formula is C23H24N2. The first-order chi connectivity index (χ1) is 12.3. The largest absolute Gasteiger partial charge is 0.355 e. The monoisotopic (exact) mass is 328 g/mol. The molecule has 2 aliphatic carbocycles. The van der Waals surface area contributed by atoms with E-state index < -0.39 is 0 Å². The number of benzene rings is 2. The number of pyridine rings is 1. The van der Waals surface area contributed by atoms with Gasteiger partial charge in [-0.25, -0.2) is 0 Å². The Bertz CT molecular complexity index is 908. The predicted molar refractivity (Wildman–Crippen MR) is 104 cm³/mol. The maximum Gasteiger partial charge on any atom is 0.0726 e. The molecule has 0 unspecified atom stereocenters. The Morgan fingerprint density at radius 1 is 0.840 bits per heavy atom. The van der Waals surface area contributed by atoms with E-state index in [0.717, 1.165) is 17.6 Å². The maximum atomic E-state index is 5.03. The van der Waals surface area contributed by atoms with E-state index in [-0.39, 0.29) is 0 Å². The van der Waals surface area contributed by atoms with E-state index in [1.54, 1.807) is 0 Å². The number of para-hydroxylation sites is 2. The first-order valence-corrected chi connectivity index (χ1v) is 9.56. The molecule has 1 heterocycles. The Kier molecular flexibility index (Phi) is 3.51. The van der Waals surface area contributed by atoms with Gasteiger partial charge >= 0.3 is 0 Å². The van der Waals surface area contributed by atoms with E-state index in [4.69, 9.17) is 4.98 Å². The second kappa shape index (κ2) is 5.87. The van der Waals surface area contributed by atoms with Gasteiger partial charge in [-0.05, 0) is 61.3 Å². The van der Waals surface area contributed by atoms with Gasteiger partial charge < -0.3 is 5.32 Å². The SMILES string of the molecule is c1ccc(Nc2c3c(nc4ccccc24)CCC2(CCCC2)C3)cc1. The van der Waals surface area contributed by atoms with E-state index in [0.29, 0.717) is 5.41 Å². The lowest BCUT2D eigenvalue weighted by molar-refractivity contribution is 0.253. The Morgan fingerprint density at radius 2 is 1.60 bits per heavy atom. The third-order valence-corrected chi connectivity index (χ3v) is 6.23. The van der Waals surface area contributed by atoms with Gasteiger partial charge in [0.05, 0.1) is 11.2 Å². The minimum Gasteiger partial charge on any atom is -0.355 e. The normalized spacial score (nSPS) is 18.4. The summed E-state index contributed by atoms with van der Waals surface area (Å²) in [6.45, 7) is 0. The van der Waals surface area contributed by atoms with Crippen molar-refractivity contribution in [2.75, 3.05) is 5.32 Å². The molecule has 3 aromatic rings. The van der Waals surface area contributed by atoms with Crippen molar-refractivity contribution in [1.29, 1.82) is 0 Å². The third kappa shape index (κ3) is 2.60. The number of aryl methyl sites for hydroxylation is 1. The van der Waals surface area contributed by atoms with Crippen LogP contribution in [0.2, 0.25) is 0 Å². The van der Waals surface area contributed by atoms with Crippen LogP contribution in [0.3, 0.4) is 0 Å². The topological polar surface area (TPSA) is 24.9 Å². The molecule has 5 rings (SSSR count). The van der Waals surface area contributed by atoms with Gasteiger partial charge in [0.25, 0.3) is 0 Å². The summed E-state index contributed by atoms with van der Waals surface area (Å²) in [4.78, 5) is 5.03. The van der Waals surface area contributed by atoms with Gasteiger partial charge in [0.2, 0.25) is 0 Å². The van der Waals surface area contributed by atoms with Gasteiger partial charge in [-0.1, -0.05) is 49.2 Å². The summed E-state index contributed by atoms with van der Waals surface area (Å²) in [5.74, 6) is 0. The predicted octanol–water partition coefficient (Wildman–Crippen LogP) is 6.03. The first-order valence-electron chi connectivity index (χ1n) is 9.56. The van der Waals surface area contributed by atoms with E-state index >= 15 is 0 Å². The fourth-order valence-corrected chi connectivity index (χ4v) is 4.91. The Morgan fingerprint density at radius 3 is 2.44 bits per heavy atom. The van der Waals surface area contributed by atoms with Gasteiger partial charge in [0.15, 0.2) is 0 Å². The number of fused-ring (bicyclic) bond motifs is 2. The minimum atomic E-state index is 0.532. The molecule has 1 saturated carbocycles. The second-order valence-corrected chi connectivity index (χ2v) is 7.80. The van der Waals surface area contributed by atoms with Crippen LogP contribution in [-0.4, -0.2) is 4.98 Å². The van der Waals surface area contributed by atoms with Crippen LogP contribution in [0.4, 0.5) is 11.4 Å². The van der Waals surface area contributed by atoms with E-state index in [2.05, 4.69) is 59.9 Å². The molecule has 2 aliphatic rings. The van der Waals surface area contributed by atoms with Gasteiger partial charge in [0, 0.05) is 16.8 Å². The number of hydrogen-bond donors (Lipinski definition) is 1. The molecule has 0 radical (unpaired) electrons. The van der Waals surface area contributed by atoms with Crippen LogP contribution >= 0.6 is 0 Å². The molecule has 0 bridgehead atoms. The number of nitrogens with one attached hydrogen (secondary N) is 1. The quantitative estimate of drug-likeness (QED) is 0.621. The van der Waals surface area contributed by atoms with E-state index in [9.17, 15) is 0 Å². The third-order valence-electron chi connectivity index (χ3n) is 6.23. The van der Waals surface area contributed by atoms with Gasteiger partial charge in [0.1, 0.15) is 0 Å². The van der Waals surface area contributed by atoms with Crippen LogP contribution in [0.1, 0.15) is 43.4 Å². The highest BCUT2D eigenvalue weighted by atomic mass is 14.9. The lowest BCUT2D eigenvalue weighted by atomic mass is 9.71. The molecule has 25 heavy (non-hydrogen) atoms. The van der Waals surface area contributed by atoms with Crippen molar-refractivity contribution < 1.29 is 0 Å². The zero-order valence-corrected chi connectivity index (χ0v) is 14.6. The number of aromatic nitrogens is 1. The molecule has 2 nitrogen and oxygen atoms in total. The number of nitrogens with zero attached hydrogens (tertiary/aromatic N) is 1. The average Bonchev–Trinajstić information content (AvgIpc) is 3.11. The highest BCUT2D eigenvalue weighted by Crippen LogP contribution is 2.50. The van der Waals surface area contributed by atoms with Crippen molar-refractivity contribution in [1.82, 2.24) is 4.98 Å². The lowest BCUT2D eigenvalue weighted by Crippen LogP contribution is -2.27. The molecule has 1 aromatic heterocycles. The molecule has 0 aliphatic heterocycles. The van der Waals surface area contributed by atoms with Gasteiger partial charge in [-0.2, -0.15) is 0 Å². The summed E-state index contributed by atoms with van der Waals surface area (Å²) in [7, 11) is 0. The van der Waals surface area contributed by atoms with Crippen molar-refractivity contribution in [3.05, 3.63) is 65.9 Å². The average molecular weight is 328 g/mol. The van der Waals surface area contributed by atoms with Crippen molar-refractivity contribution in [2.24, 2.45) is 5.41 Å². The standard InChI is InChI=1S/C23H24N2/c1-2-8-17(9-3-1)24-22-18-10-4-5-11-20(18)25-21-12-15-23(16-19(21)22)13-6-7-14-23/h1-5,8-11H,6-7,12-16H2,(H,24,25). The zero-order chi connectivity index (χ0) is 16.7. The molecule has 1 N–H and O–H groups in total. The van der Waals surface area contributed by atoms with Crippen LogP contribution in [0.25, 0.3) is 10.9 Å². The van der Waals surface area contributed by atoms with Crippen molar-refractivity contribution in [3.63, 3.8) is 0 Å². The molecule has 1 spiro atoms. The van der Waals surface area contributed by atoms with Crippen LogP contribution in [0, 0.1) is 5.41 Å². The summed E-state index contributed by atoms with van der Waals surface area (Å²) in [6, 6.07) is 19.1. The van der Waals surface area contributed by atoms with Crippen molar-refractivity contribution in [3.8, 4) is 0 Å². The lowest BCUT2D eigenvalue weighted by Gasteiger charge is -2.35. The molecule has 0 amide bonds. The molecule has 1 fully saturated rings. The van der Waals surface area contributed by atoms with E-state index in [1.165, 1.54) is 60.9 Å². The summed E-state index contributed by atoms with van der Waals surface area (Å²) < 4.78 is 0. The highest BCUT2D eigenvalue weighted by Gasteiger charge is 2.38. The number of anilines is 2. The van der Waals surface area contributed by atoms with E-state index in [1.807, 2.05) is 0 Å². The summed E-state index contributed by atoms with van der Waals surface area (Å²) >= 11 is 0. The summed E-state index contributed by atoms with van der Waals surface area (Å²) in [5.41, 5.74) is 6.88. The maximum absolute atomic E-state index is 5.03. The summed E-state index contributed by atoms with van der Waals surface area (Å²) in [5, 5.41) is 4.99. The molecule has 2 aromatic carbocycles. The first kappa shape index (κ1) is 14.9. The fraction of sp³-hybridized carbons (Fsp3) is 0.348. The Hall–Kier alpha value is -2.35. The van der Waals surface area contributed by atoms with Crippen LogP contribution in [-0.2, 0) is 12.8 Å². The molecule has 2 heteroatoms. The van der Waals surface area contributed by atoms with Crippen molar-refractivity contribution in [2.45, 2.75) is 44.9 Å². The molecule has 126 valence electrons. The van der Waals surface area contributed by atoms with Gasteiger partial charge in [-0.15, -0.1) is 0 Å². The van der Waals surface area contributed by atoms with Crippen molar-refractivity contribution >= 4 is 22.3 Å². The molecule has 0 saturated heterocycles. The number of rotatable bonds is 2.